The lowest BCUT2D eigenvalue weighted by atomic mass is 9.97. The van der Waals surface area contributed by atoms with Gasteiger partial charge < -0.3 is 25.0 Å². The molecular formula is C21H31N3O4. The van der Waals surface area contributed by atoms with Gasteiger partial charge in [0, 0.05) is 44.7 Å². The van der Waals surface area contributed by atoms with Crippen molar-refractivity contribution in [2.24, 2.45) is 5.92 Å². The number of benzene rings is 1. The van der Waals surface area contributed by atoms with E-state index in [0.717, 1.165) is 51.1 Å². The Hall–Kier alpha value is -2.12. The van der Waals surface area contributed by atoms with E-state index in [9.17, 15) is 9.59 Å². The molecule has 2 aliphatic rings. The molecule has 7 heteroatoms. The number of methoxy groups -OCH3 is 1. The number of rotatable bonds is 7. The molecule has 0 saturated carbocycles. The Morgan fingerprint density at radius 3 is 2.71 bits per heavy atom. The highest BCUT2D eigenvalue weighted by Crippen LogP contribution is 2.29. The molecule has 2 saturated heterocycles. The Labute approximate surface area is 166 Å². The van der Waals surface area contributed by atoms with Gasteiger partial charge in [0.25, 0.3) is 5.91 Å². The number of nitrogens with one attached hydrogen (secondary N) is 2. The van der Waals surface area contributed by atoms with Crippen molar-refractivity contribution in [3.8, 4) is 0 Å². The molecule has 1 aromatic rings. The monoisotopic (exact) mass is 389 g/mol. The van der Waals surface area contributed by atoms with Crippen molar-refractivity contribution in [3.63, 3.8) is 0 Å². The predicted molar refractivity (Wildman–Crippen MR) is 109 cm³/mol. The lowest BCUT2D eigenvalue weighted by Gasteiger charge is -2.33. The number of ether oxygens (including phenoxy) is 2. The summed E-state index contributed by atoms with van der Waals surface area (Å²) in [6.07, 6.45) is 4.34. The van der Waals surface area contributed by atoms with E-state index in [1.807, 2.05) is 12.1 Å². The zero-order valence-corrected chi connectivity index (χ0v) is 16.8. The second kappa shape index (κ2) is 9.89. The summed E-state index contributed by atoms with van der Waals surface area (Å²) in [7, 11) is 1.48. The predicted octanol–water partition coefficient (Wildman–Crippen LogP) is 2.42. The topological polar surface area (TPSA) is 79.9 Å². The third-order valence-corrected chi connectivity index (χ3v) is 5.44. The number of carbonyl (C=O) groups is 2. The molecule has 1 aromatic carbocycles. The van der Waals surface area contributed by atoms with E-state index in [1.165, 1.54) is 7.11 Å². The Balaban J connectivity index is 1.76. The van der Waals surface area contributed by atoms with Gasteiger partial charge in [-0.1, -0.05) is 6.92 Å². The molecule has 0 radical (unpaired) electrons. The van der Waals surface area contributed by atoms with Crippen LogP contribution in [0.2, 0.25) is 0 Å². The maximum absolute atomic E-state index is 13.0. The Kier molecular flexibility index (Phi) is 7.28. The molecule has 0 unspecified atom stereocenters. The van der Waals surface area contributed by atoms with E-state index in [1.54, 1.807) is 6.07 Å². The smallest absolute Gasteiger partial charge is 0.253 e. The zero-order chi connectivity index (χ0) is 19.9. The van der Waals surface area contributed by atoms with Crippen molar-refractivity contribution < 1.29 is 19.1 Å². The molecule has 0 bridgehead atoms. The molecule has 0 aromatic heterocycles. The Bertz CT molecular complexity index is 680. The van der Waals surface area contributed by atoms with Crippen LogP contribution < -0.4 is 15.5 Å². The van der Waals surface area contributed by atoms with Crippen LogP contribution in [0.3, 0.4) is 0 Å². The molecule has 2 aliphatic heterocycles. The summed E-state index contributed by atoms with van der Waals surface area (Å²) in [6, 6.07) is 5.53. The standard InChI is InChI=1S/C21H31N3O4/c1-15-7-9-24(10-8-15)19-6-5-16(23-20(25)14-27-2)12-18(19)21(26)22-13-17-4-3-11-28-17/h5-6,12,15,17H,3-4,7-11,13-14H2,1-2H3,(H,22,26)(H,23,25)/t17-/m1/s1. The van der Waals surface area contributed by atoms with Crippen molar-refractivity contribution in [1.82, 2.24) is 5.32 Å². The van der Waals surface area contributed by atoms with Gasteiger partial charge >= 0.3 is 0 Å². The first-order valence-electron chi connectivity index (χ1n) is 10.1. The molecule has 7 nitrogen and oxygen atoms in total. The van der Waals surface area contributed by atoms with Crippen molar-refractivity contribution >= 4 is 23.2 Å². The Morgan fingerprint density at radius 1 is 1.25 bits per heavy atom. The molecular weight excluding hydrogens is 358 g/mol. The highest BCUT2D eigenvalue weighted by atomic mass is 16.5. The van der Waals surface area contributed by atoms with Gasteiger partial charge in [0.2, 0.25) is 5.91 Å². The average Bonchev–Trinajstić information content (AvgIpc) is 3.21. The molecule has 28 heavy (non-hydrogen) atoms. The maximum atomic E-state index is 13.0. The number of hydrogen-bond acceptors (Lipinski definition) is 5. The first-order valence-corrected chi connectivity index (χ1v) is 10.1. The second-order valence-corrected chi connectivity index (χ2v) is 7.73. The largest absolute Gasteiger partial charge is 0.376 e. The van der Waals surface area contributed by atoms with E-state index in [0.29, 0.717) is 23.7 Å². The third-order valence-electron chi connectivity index (χ3n) is 5.44. The van der Waals surface area contributed by atoms with Crippen molar-refractivity contribution in [3.05, 3.63) is 23.8 Å². The van der Waals surface area contributed by atoms with Crippen LogP contribution in [0, 0.1) is 5.92 Å². The summed E-state index contributed by atoms with van der Waals surface area (Å²) in [4.78, 5) is 27.1. The quantitative estimate of drug-likeness (QED) is 0.749. The highest BCUT2D eigenvalue weighted by molar-refractivity contribution is 6.02. The van der Waals surface area contributed by atoms with Gasteiger partial charge in [-0.3, -0.25) is 9.59 Å². The van der Waals surface area contributed by atoms with Crippen LogP contribution in [0.4, 0.5) is 11.4 Å². The van der Waals surface area contributed by atoms with Gasteiger partial charge in [0.15, 0.2) is 0 Å². The first-order chi connectivity index (χ1) is 13.6. The molecule has 0 aliphatic carbocycles. The van der Waals surface area contributed by atoms with Crippen LogP contribution >= 0.6 is 0 Å². The molecule has 2 N–H and O–H groups in total. The number of hydrogen-bond donors (Lipinski definition) is 2. The van der Waals surface area contributed by atoms with Crippen LogP contribution in [0.5, 0.6) is 0 Å². The van der Waals surface area contributed by atoms with Crippen LogP contribution in [-0.2, 0) is 14.3 Å². The van der Waals surface area contributed by atoms with Crippen LogP contribution in [-0.4, -0.2) is 57.9 Å². The summed E-state index contributed by atoms with van der Waals surface area (Å²) < 4.78 is 10.5. The van der Waals surface area contributed by atoms with Crippen LogP contribution in [0.1, 0.15) is 43.0 Å². The van der Waals surface area contributed by atoms with E-state index in [4.69, 9.17) is 9.47 Å². The third kappa shape index (κ3) is 5.45. The number of nitrogens with zero attached hydrogens (tertiary/aromatic N) is 1. The summed E-state index contributed by atoms with van der Waals surface area (Å²) in [6.45, 7) is 5.38. The van der Waals surface area contributed by atoms with Crippen molar-refractivity contribution in [1.29, 1.82) is 0 Å². The minimum Gasteiger partial charge on any atom is -0.376 e. The van der Waals surface area contributed by atoms with Crippen molar-refractivity contribution in [2.45, 2.75) is 38.7 Å². The summed E-state index contributed by atoms with van der Waals surface area (Å²) >= 11 is 0. The molecule has 3 rings (SSSR count). The SMILES string of the molecule is COCC(=O)Nc1ccc(N2CCC(C)CC2)c(C(=O)NC[C@H]2CCCO2)c1. The van der Waals surface area contributed by atoms with E-state index in [2.05, 4.69) is 22.5 Å². The van der Waals surface area contributed by atoms with Gasteiger partial charge in [0.05, 0.1) is 11.7 Å². The normalized spacial score (nSPS) is 20.2. The summed E-state index contributed by atoms with van der Waals surface area (Å²) in [5.41, 5.74) is 2.10. The Morgan fingerprint density at radius 2 is 2.04 bits per heavy atom. The van der Waals surface area contributed by atoms with E-state index >= 15 is 0 Å². The number of carbonyl (C=O) groups excluding carboxylic acids is 2. The average molecular weight is 389 g/mol. The molecule has 2 fully saturated rings. The summed E-state index contributed by atoms with van der Waals surface area (Å²) in [5.74, 6) is 0.334. The number of amides is 2. The molecule has 1 atom stereocenters. The fourth-order valence-corrected chi connectivity index (χ4v) is 3.76. The fraction of sp³-hybridized carbons (Fsp3) is 0.619. The van der Waals surface area contributed by atoms with Gasteiger partial charge in [-0.25, -0.2) is 0 Å². The van der Waals surface area contributed by atoms with Crippen LogP contribution in [0.15, 0.2) is 18.2 Å². The molecule has 154 valence electrons. The van der Waals surface area contributed by atoms with Gasteiger partial charge in [-0.05, 0) is 49.8 Å². The minimum atomic E-state index is -0.243. The molecule has 2 heterocycles. The van der Waals surface area contributed by atoms with Crippen LogP contribution in [0.25, 0.3) is 0 Å². The lowest BCUT2D eigenvalue weighted by molar-refractivity contribution is -0.119. The van der Waals surface area contributed by atoms with Crippen molar-refractivity contribution in [2.75, 3.05) is 50.2 Å². The lowest BCUT2D eigenvalue weighted by Crippen LogP contribution is -2.36. The number of anilines is 2. The fourth-order valence-electron chi connectivity index (χ4n) is 3.76. The molecule has 0 spiro atoms. The van der Waals surface area contributed by atoms with Gasteiger partial charge in [-0.2, -0.15) is 0 Å². The minimum absolute atomic E-state index is 0.0215. The van der Waals surface area contributed by atoms with Gasteiger partial charge in [0.1, 0.15) is 6.61 Å². The van der Waals surface area contributed by atoms with Gasteiger partial charge in [-0.15, -0.1) is 0 Å². The highest BCUT2D eigenvalue weighted by Gasteiger charge is 2.23. The zero-order valence-electron chi connectivity index (χ0n) is 16.8. The maximum Gasteiger partial charge on any atom is 0.253 e. The number of piperidine rings is 1. The van der Waals surface area contributed by atoms with E-state index < -0.39 is 0 Å². The first kappa shape index (κ1) is 20.6. The summed E-state index contributed by atoms with van der Waals surface area (Å²) in [5, 5.41) is 5.79. The molecule has 2 amide bonds. The van der Waals surface area contributed by atoms with E-state index in [-0.39, 0.29) is 24.5 Å². The second-order valence-electron chi connectivity index (χ2n) is 7.73.